The molecule has 0 saturated heterocycles. The van der Waals surface area contributed by atoms with Gasteiger partial charge in [-0.1, -0.05) is 18.2 Å². The summed E-state index contributed by atoms with van der Waals surface area (Å²) in [5, 5.41) is 0. The average Bonchev–Trinajstić information content (AvgIpc) is 2.78. The van der Waals surface area contributed by atoms with E-state index in [9.17, 15) is 9.59 Å². The molecular weight excluding hydrogens is 208 g/mol. The first kappa shape index (κ1) is 10.2. The van der Waals surface area contributed by atoms with Crippen molar-refractivity contribution in [3.8, 4) is 5.95 Å². The normalized spacial score (nSPS) is 9.75. The molecule has 1 aromatic carbocycles. The van der Waals surface area contributed by atoms with Crippen LogP contribution in [-0.4, -0.2) is 12.3 Å². The summed E-state index contributed by atoms with van der Waals surface area (Å²) in [6.07, 6.45) is 0.542. The molecular formula is C12H8O4. The Morgan fingerprint density at radius 3 is 2.50 bits per heavy atom. The van der Waals surface area contributed by atoms with Crippen LogP contribution in [0, 0.1) is 0 Å². The van der Waals surface area contributed by atoms with Crippen LogP contribution in [0.5, 0.6) is 5.95 Å². The Hall–Kier alpha value is -2.36. The minimum Gasteiger partial charge on any atom is -0.422 e. The van der Waals surface area contributed by atoms with E-state index < -0.39 is 5.97 Å². The van der Waals surface area contributed by atoms with E-state index in [2.05, 4.69) is 0 Å². The predicted molar refractivity (Wildman–Crippen MR) is 55.5 cm³/mol. The van der Waals surface area contributed by atoms with Crippen LogP contribution in [0.15, 0.2) is 46.9 Å². The van der Waals surface area contributed by atoms with Crippen molar-refractivity contribution in [2.75, 3.05) is 0 Å². The Morgan fingerprint density at radius 1 is 1.12 bits per heavy atom. The highest BCUT2D eigenvalue weighted by atomic mass is 16.6. The van der Waals surface area contributed by atoms with E-state index in [1.165, 1.54) is 12.1 Å². The van der Waals surface area contributed by atoms with Crippen molar-refractivity contribution in [3.05, 3.63) is 53.8 Å². The van der Waals surface area contributed by atoms with Crippen LogP contribution >= 0.6 is 0 Å². The maximum absolute atomic E-state index is 11.5. The molecule has 16 heavy (non-hydrogen) atoms. The van der Waals surface area contributed by atoms with Crippen molar-refractivity contribution in [2.24, 2.45) is 0 Å². The Morgan fingerprint density at radius 2 is 1.88 bits per heavy atom. The van der Waals surface area contributed by atoms with Gasteiger partial charge in [-0.3, -0.25) is 4.79 Å². The molecule has 0 unspecified atom stereocenters. The molecule has 1 aromatic heterocycles. The van der Waals surface area contributed by atoms with Gasteiger partial charge in [-0.05, 0) is 18.2 Å². The fourth-order valence-electron chi connectivity index (χ4n) is 1.18. The van der Waals surface area contributed by atoms with Gasteiger partial charge < -0.3 is 9.15 Å². The standard InChI is InChI=1S/C12H8O4/c13-8-10-6-7-11(15-10)16-12(14)9-4-2-1-3-5-9/h1-8H. The van der Waals surface area contributed by atoms with Gasteiger partial charge in [0.1, 0.15) is 0 Å². The number of aldehydes is 1. The van der Waals surface area contributed by atoms with Crippen LogP contribution in [-0.2, 0) is 0 Å². The molecule has 0 aliphatic carbocycles. The topological polar surface area (TPSA) is 56.5 Å². The van der Waals surface area contributed by atoms with Crippen molar-refractivity contribution in [1.82, 2.24) is 0 Å². The average molecular weight is 216 g/mol. The third kappa shape index (κ3) is 2.17. The molecule has 80 valence electrons. The van der Waals surface area contributed by atoms with Crippen LogP contribution in [0.4, 0.5) is 0 Å². The molecule has 0 aliphatic heterocycles. The lowest BCUT2D eigenvalue weighted by molar-refractivity contribution is 0.0689. The Bertz CT molecular complexity index is 499. The molecule has 4 heteroatoms. The molecule has 4 nitrogen and oxygen atoms in total. The fraction of sp³-hybridized carbons (Fsp3) is 0. The highest BCUT2D eigenvalue weighted by molar-refractivity contribution is 5.90. The minimum absolute atomic E-state index is 0.0101. The number of carbonyl (C=O) groups excluding carboxylic acids is 2. The maximum atomic E-state index is 11.5. The third-order valence-corrected chi connectivity index (χ3v) is 1.92. The molecule has 0 atom stereocenters. The first-order valence-corrected chi connectivity index (χ1v) is 4.62. The second-order valence-electron chi connectivity index (χ2n) is 3.03. The van der Waals surface area contributed by atoms with Gasteiger partial charge in [0.15, 0.2) is 12.0 Å². The van der Waals surface area contributed by atoms with Crippen LogP contribution in [0.25, 0.3) is 0 Å². The summed E-state index contributed by atoms with van der Waals surface area (Å²) in [4.78, 5) is 21.9. The first-order chi connectivity index (χ1) is 7.79. The second kappa shape index (κ2) is 4.44. The molecule has 0 saturated carbocycles. The summed E-state index contributed by atoms with van der Waals surface area (Å²) in [5.41, 5.74) is 0.423. The summed E-state index contributed by atoms with van der Waals surface area (Å²) < 4.78 is 9.83. The van der Waals surface area contributed by atoms with Gasteiger partial charge in [0, 0.05) is 6.07 Å². The molecule has 2 aromatic rings. The van der Waals surface area contributed by atoms with Crippen molar-refractivity contribution < 1.29 is 18.7 Å². The van der Waals surface area contributed by atoms with E-state index in [1.54, 1.807) is 30.3 Å². The highest BCUT2D eigenvalue weighted by Gasteiger charge is 2.10. The fourth-order valence-corrected chi connectivity index (χ4v) is 1.18. The number of carbonyl (C=O) groups is 2. The van der Waals surface area contributed by atoms with Crippen molar-refractivity contribution in [2.45, 2.75) is 0 Å². The van der Waals surface area contributed by atoms with E-state index in [4.69, 9.17) is 9.15 Å². The number of hydrogen-bond acceptors (Lipinski definition) is 4. The zero-order valence-electron chi connectivity index (χ0n) is 8.25. The lowest BCUT2D eigenvalue weighted by atomic mass is 10.2. The SMILES string of the molecule is O=Cc1ccc(OC(=O)c2ccccc2)o1. The van der Waals surface area contributed by atoms with Gasteiger partial charge in [0.05, 0.1) is 5.56 Å². The van der Waals surface area contributed by atoms with Crippen LogP contribution in [0.3, 0.4) is 0 Å². The van der Waals surface area contributed by atoms with E-state index in [0.717, 1.165) is 0 Å². The maximum Gasteiger partial charge on any atom is 0.345 e. The summed E-state index contributed by atoms with van der Waals surface area (Å²) in [7, 11) is 0. The van der Waals surface area contributed by atoms with Gasteiger partial charge in [0.2, 0.25) is 0 Å². The molecule has 0 radical (unpaired) electrons. The third-order valence-electron chi connectivity index (χ3n) is 1.92. The molecule has 0 N–H and O–H groups in total. The van der Waals surface area contributed by atoms with Gasteiger partial charge in [0.25, 0.3) is 5.95 Å². The zero-order chi connectivity index (χ0) is 11.4. The highest BCUT2D eigenvalue weighted by Crippen LogP contribution is 2.16. The monoisotopic (exact) mass is 216 g/mol. The van der Waals surface area contributed by atoms with E-state index >= 15 is 0 Å². The number of rotatable bonds is 3. The van der Waals surface area contributed by atoms with Gasteiger partial charge in [-0.25, -0.2) is 4.79 Å². The van der Waals surface area contributed by atoms with Crippen LogP contribution in [0.1, 0.15) is 20.9 Å². The molecule has 1 heterocycles. The number of esters is 1. The Balaban J connectivity index is 2.11. The molecule has 0 spiro atoms. The van der Waals surface area contributed by atoms with Gasteiger partial charge in [-0.2, -0.15) is 0 Å². The summed E-state index contributed by atoms with van der Waals surface area (Å²) >= 11 is 0. The van der Waals surface area contributed by atoms with Crippen LogP contribution in [0.2, 0.25) is 0 Å². The molecule has 0 fully saturated rings. The van der Waals surface area contributed by atoms with Gasteiger partial charge in [-0.15, -0.1) is 0 Å². The largest absolute Gasteiger partial charge is 0.422 e. The minimum atomic E-state index is -0.521. The predicted octanol–water partition coefficient (Wildman–Crippen LogP) is 2.31. The van der Waals surface area contributed by atoms with Crippen molar-refractivity contribution >= 4 is 12.3 Å². The molecule has 0 amide bonds. The Kier molecular flexibility index (Phi) is 2.82. The lowest BCUT2D eigenvalue weighted by Crippen LogP contribution is -2.07. The zero-order valence-corrected chi connectivity index (χ0v) is 8.25. The summed E-state index contributed by atoms with van der Waals surface area (Å²) in [5.74, 6) is -0.390. The lowest BCUT2D eigenvalue weighted by Gasteiger charge is -1.99. The van der Waals surface area contributed by atoms with Gasteiger partial charge >= 0.3 is 5.97 Å². The Labute approximate surface area is 91.4 Å². The number of hydrogen-bond donors (Lipinski definition) is 0. The van der Waals surface area contributed by atoms with E-state index in [-0.39, 0.29) is 11.7 Å². The summed E-state index contributed by atoms with van der Waals surface area (Å²) in [6, 6.07) is 11.4. The first-order valence-electron chi connectivity index (χ1n) is 4.62. The number of furan rings is 1. The van der Waals surface area contributed by atoms with Crippen LogP contribution < -0.4 is 4.74 Å². The quantitative estimate of drug-likeness (QED) is 0.583. The summed E-state index contributed by atoms with van der Waals surface area (Å²) in [6.45, 7) is 0. The van der Waals surface area contributed by atoms with Crippen molar-refractivity contribution in [3.63, 3.8) is 0 Å². The molecule has 0 aliphatic rings. The smallest absolute Gasteiger partial charge is 0.345 e. The second-order valence-corrected chi connectivity index (χ2v) is 3.03. The van der Waals surface area contributed by atoms with E-state index in [1.807, 2.05) is 0 Å². The molecule has 2 rings (SSSR count). The number of ether oxygens (including phenoxy) is 1. The van der Waals surface area contributed by atoms with Crippen molar-refractivity contribution in [1.29, 1.82) is 0 Å². The van der Waals surface area contributed by atoms with E-state index in [0.29, 0.717) is 11.8 Å². The molecule has 0 bridgehead atoms. The number of benzene rings is 1.